The molecule has 0 aliphatic rings. The minimum absolute atomic E-state index is 0.215. The summed E-state index contributed by atoms with van der Waals surface area (Å²) in [6.45, 7) is 9.51. The van der Waals surface area contributed by atoms with Crippen molar-refractivity contribution in [3.63, 3.8) is 0 Å². The molecule has 0 fully saturated rings. The largest absolute Gasteiger partial charge is 0.481 e. The van der Waals surface area contributed by atoms with Crippen LogP contribution in [0.2, 0.25) is 0 Å². The molecule has 0 aromatic heterocycles. The van der Waals surface area contributed by atoms with E-state index in [0.29, 0.717) is 13.0 Å². The van der Waals surface area contributed by atoms with Crippen LogP contribution in [0.25, 0.3) is 0 Å². The standard InChI is InChI=1S/C12H21NO4/c1-5-10(12(16)17)13(6-8(2)3)7-9(4)11(14)15/h9-10H,2,5-7H2,1,3-4H3,(H,14,15)(H,16,17). The zero-order chi connectivity index (χ0) is 13.6. The van der Waals surface area contributed by atoms with Crippen molar-refractivity contribution < 1.29 is 19.8 Å². The molecule has 0 radical (unpaired) electrons. The van der Waals surface area contributed by atoms with Crippen LogP contribution in [0, 0.1) is 5.92 Å². The maximum absolute atomic E-state index is 11.1. The highest BCUT2D eigenvalue weighted by atomic mass is 16.4. The van der Waals surface area contributed by atoms with Crippen LogP contribution in [-0.4, -0.2) is 46.2 Å². The number of nitrogens with zero attached hydrogens (tertiary/aromatic N) is 1. The SMILES string of the molecule is C=C(C)CN(CC(C)C(=O)O)C(CC)C(=O)O. The average molecular weight is 243 g/mol. The summed E-state index contributed by atoms with van der Waals surface area (Å²) < 4.78 is 0. The van der Waals surface area contributed by atoms with Gasteiger partial charge in [-0.1, -0.05) is 26.0 Å². The van der Waals surface area contributed by atoms with E-state index in [1.54, 1.807) is 25.7 Å². The van der Waals surface area contributed by atoms with Crippen LogP contribution >= 0.6 is 0 Å². The second kappa shape index (κ2) is 7.06. The third-order valence-corrected chi connectivity index (χ3v) is 2.52. The van der Waals surface area contributed by atoms with Gasteiger partial charge in [0.1, 0.15) is 6.04 Å². The number of hydrogen-bond donors (Lipinski definition) is 2. The summed E-state index contributed by atoms with van der Waals surface area (Å²) >= 11 is 0. The van der Waals surface area contributed by atoms with Crippen LogP contribution in [-0.2, 0) is 9.59 Å². The molecule has 0 aliphatic carbocycles. The lowest BCUT2D eigenvalue weighted by Gasteiger charge is -2.29. The minimum Gasteiger partial charge on any atom is -0.481 e. The molecule has 5 nitrogen and oxygen atoms in total. The highest BCUT2D eigenvalue weighted by Crippen LogP contribution is 2.11. The Labute approximate surface area is 102 Å². The van der Waals surface area contributed by atoms with Gasteiger partial charge in [-0.05, 0) is 13.3 Å². The normalized spacial score (nSPS) is 14.4. The molecule has 2 N–H and O–H groups in total. The van der Waals surface area contributed by atoms with Gasteiger partial charge in [-0.15, -0.1) is 0 Å². The molecule has 0 saturated heterocycles. The van der Waals surface area contributed by atoms with Crippen LogP contribution in [0.15, 0.2) is 12.2 Å². The lowest BCUT2D eigenvalue weighted by atomic mass is 10.1. The highest BCUT2D eigenvalue weighted by molar-refractivity contribution is 5.74. The zero-order valence-electron chi connectivity index (χ0n) is 10.6. The predicted octanol–water partition coefficient (Wildman–Crippen LogP) is 1.45. The summed E-state index contributed by atoms with van der Waals surface area (Å²) in [7, 11) is 0. The Balaban J connectivity index is 4.78. The Morgan fingerprint density at radius 2 is 1.82 bits per heavy atom. The molecule has 0 aromatic carbocycles. The van der Waals surface area contributed by atoms with Gasteiger partial charge in [-0.25, -0.2) is 0 Å². The Kier molecular flexibility index (Phi) is 6.50. The van der Waals surface area contributed by atoms with Gasteiger partial charge in [-0.2, -0.15) is 0 Å². The Bertz CT molecular complexity index is 301. The average Bonchev–Trinajstić information content (AvgIpc) is 2.16. The summed E-state index contributed by atoms with van der Waals surface area (Å²) in [5, 5.41) is 18.0. The second-order valence-electron chi connectivity index (χ2n) is 4.39. The maximum Gasteiger partial charge on any atom is 0.320 e. The summed E-state index contributed by atoms with van der Waals surface area (Å²) in [6.07, 6.45) is 0.439. The van der Waals surface area contributed by atoms with Crippen molar-refractivity contribution in [3.8, 4) is 0 Å². The van der Waals surface area contributed by atoms with Gasteiger partial charge in [0.25, 0.3) is 0 Å². The second-order valence-corrected chi connectivity index (χ2v) is 4.39. The molecule has 0 rings (SSSR count). The van der Waals surface area contributed by atoms with E-state index in [-0.39, 0.29) is 6.54 Å². The molecule has 0 saturated carbocycles. The zero-order valence-corrected chi connectivity index (χ0v) is 10.6. The van der Waals surface area contributed by atoms with E-state index in [0.717, 1.165) is 5.57 Å². The van der Waals surface area contributed by atoms with Crippen molar-refractivity contribution in [1.82, 2.24) is 4.90 Å². The topological polar surface area (TPSA) is 77.8 Å². The van der Waals surface area contributed by atoms with E-state index in [1.807, 2.05) is 0 Å². The number of aliphatic carboxylic acids is 2. The molecule has 0 bridgehead atoms. The van der Waals surface area contributed by atoms with E-state index >= 15 is 0 Å². The molecule has 5 heteroatoms. The van der Waals surface area contributed by atoms with Gasteiger partial charge in [-0.3, -0.25) is 14.5 Å². The number of carboxylic acids is 2. The van der Waals surface area contributed by atoms with Gasteiger partial charge in [0.2, 0.25) is 0 Å². The first kappa shape index (κ1) is 15.6. The van der Waals surface area contributed by atoms with Crippen molar-refractivity contribution in [1.29, 1.82) is 0 Å². The lowest BCUT2D eigenvalue weighted by molar-refractivity contribution is -0.147. The lowest BCUT2D eigenvalue weighted by Crippen LogP contribution is -2.44. The van der Waals surface area contributed by atoms with Crippen LogP contribution in [0.4, 0.5) is 0 Å². The first-order chi connectivity index (χ1) is 7.79. The molecule has 17 heavy (non-hydrogen) atoms. The van der Waals surface area contributed by atoms with Crippen LogP contribution in [0.3, 0.4) is 0 Å². The number of rotatable bonds is 8. The maximum atomic E-state index is 11.1. The molecule has 2 unspecified atom stereocenters. The van der Waals surface area contributed by atoms with E-state index in [2.05, 4.69) is 6.58 Å². The Morgan fingerprint density at radius 1 is 1.29 bits per heavy atom. The van der Waals surface area contributed by atoms with Crippen LogP contribution < -0.4 is 0 Å². The molecule has 0 aromatic rings. The van der Waals surface area contributed by atoms with Crippen molar-refractivity contribution in [2.45, 2.75) is 33.2 Å². The fraction of sp³-hybridized carbons (Fsp3) is 0.667. The predicted molar refractivity (Wildman–Crippen MR) is 64.9 cm³/mol. The van der Waals surface area contributed by atoms with E-state index in [9.17, 15) is 9.59 Å². The van der Waals surface area contributed by atoms with E-state index in [4.69, 9.17) is 10.2 Å². The summed E-state index contributed by atoms with van der Waals surface area (Å²) in [6, 6.07) is -0.659. The number of hydrogen-bond acceptors (Lipinski definition) is 3. The number of carboxylic acid groups (broad SMARTS) is 2. The summed E-state index contributed by atoms with van der Waals surface area (Å²) in [5.74, 6) is -2.44. The van der Waals surface area contributed by atoms with Gasteiger partial charge < -0.3 is 10.2 Å². The third-order valence-electron chi connectivity index (χ3n) is 2.52. The smallest absolute Gasteiger partial charge is 0.320 e. The van der Waals surface area contributed by atoms with Crippen molar-refractivity contribution >= 4 is 11.9 Å². The molecule has 0 spiro atoms. The van der Waals surface area contributed by atoms with Gasteiger partial charge in [0, 0.05) is 13.1 Å². The molecule has 98 valence electrons. The van der Waals surface area contributed by atoms with Crippen molar-refractivity contribution in [2.75, 3.05) is 13.1 Å². The molecular formula is C12H21NO4. The first-order valence-corrected chi connectivity index (χ1v) is 5.63. The molecule has 0 aliphatic heterocycles. The minimum atomic E-state index is -0.925. The summed E-state index contributed by atoms with van der Waals surface area (Å²) in [5.41, 5.74) is 0.822. The first-order valence-electron chi connectivity index (χ1n) is 5.63. The van der Waals surface area contributed by atoms with Gasteiger partial charge in [0.15, 0.2) is 0 Å². The Morgan fingerprint density at radius 3 is 2.12 bits per heavy atom. The monoisotopic (exact) mass is 243 g/mol. The van der Waals surface area contributed by atoms with Crippen molar-refractivity contribution in [2.24, 2.45) is 5.92 Å². The quantitative estimate of drug-likeness (QED) is 0.631. The highest BCUT2D eigenvalue weighted by Gasteiger charge is 2.26. The van der Waals surface area contributed by atoms with Crippen LogP contribution in [0.5, 0.6) is 0 Å². The Hall–Kier alpha value is -1.36. The molecule has 0 heterocycles. The van der Waals surface area contributed by atoms with Gasteiger partial charge in [0.05, 0.1) is 5.92 Å². The fourth-order valence-electron chi connectivity index (χ4n) is 1.67. The number of carbonyl (C=O) groups is 2. The van der Waals surface area contributed by atoms with E-state index in [1.165, 1.54) is 0 Å². The molecular weight excluding hydrogens is 222 g/mol. The molecule has 0 amide bonds. The van der Waals surface area contributed by atoms with Gasteiger partial charge >= 0.3 is 11.9 Å². The third kappa shape index (κ3) is 5.49. The van der Waals surface area contributed by atoms with Crippen LogP contribution in [0.1, 0.15) is 27.2 Å². The molecule has 2 atom stereocenters. The van der Waals surface area contributed by atoms with E-state index < -0.39 is 23.9 Å². The fourth-order valence-corrected chi connectivity index (χ4v) is 1.67. The summed E-state index contributed by atoms with van der Waals surface area (Å²) in [4.78, 5) is 23.5. The van der Waals surface area contributed by atoms with Crippen molar-refractivity contribution in [3.05, 3.63) is 12.2 Å².